The first kappa shape index (κ1) is 15.0. The fourth-order valence-electron chi connectivity index (χ4n) is 1.37. The minimum atomic E-state index is -4.72. The summed E-state index contributed by atoms with van der Waals surface area (Å²) < 4.78 is 36.1. The molecule has 1 aromatic heterocycles. The fourth-order valence-corrected chi connectivity index (χ4v) is 2.41. The monoisotopic (exact) mass is 281 g/mol. The van der Waals surface area contributed by atoms with Crippen LogP contribution in [0.4, 0.5) is 13.2 Å². The number of halogens is 3. The molecule has 2 N–H and O–H groups in total. The summed E-state index contributed by atoms with van der Waals surface area (Å²) in [5.74, 6) is -0.592. The SMILES string of the molecule is CCc1cc(C(=O)NCC(O)C(F)(F)F)sc1C. The molecule has 1 atom stereocenters. The summed E-state index contributed by atoms with van der Waals surface area (Å²) in [6.45, 7) is 2.95. The molecule has 0 spiro atoms. The highest BCUT2D eigenvalue weighted by Gasteiger charge is 2.38. The molecule has 102 valence electrons. The van der Waals surface area contributed by atoms with Crippen molar-refractivity contribution in [1.82, 2.24) is 5.32 Å². The molecule has 0 bridgehead atoms. The number of carbonyl (C=O) groups is 1. The zero-order valence-electron chi connectivity index (χ0n) is 9.97. The summed E-state index contributed by atoms with van der Waals surface area (Å²) in [5, 5.41) is 10.8. The number of hydrogen-bond acceptors (Lipinski definition) is 3. The van der Waals surface area contributed by atoms with Gasteiger partial charge in [-0.2, -0.15) is 13.2 Å². The summed E-state index contributed by atoms with van der Waals surface area (Å²) in [6, 6.07) is 1.66. The Labute approximate surface area is 107 Å². The van der Waals surface area contributed by atoms with Crippen molar-refractivity contribution >= 4 is 17.2 Å². The Bertz CT molecular complexity index is 428. The van der Waals surface area contributed by atoms with E-state index in [1.165, 1.54) is 11.3 Å². The van der Waals surface area contributed by atoms with Gasteiger partial charge in [0.1, 0.15) is 0 Å². The molecule has 1 unspecified atom stereocenters. The van der Waals surface area contributed by atoms with Crippen molar-refractivity contribution < 1.29 is 23.1 Å². The van der Waals surface area contributed by atoms with Crippen molar-refractivity contribution in [2.45, 2.75) is 32.5 Å². The molecule has 1 heterocycles. The van der Waals surface area contributed by atoms with E-state index in [-0.39, 0.29) is 0 Å². The van der Waals surface area contributed by atoms with Crippen molar-refractivity contribution in [3.63, 3.8) is 0 Å². The maximum Gasteiger partial charge on any atom is 0.416 e. The van der Waals surface area contributed by atoms with Crippen molar-refractivity contribution in [3.8, 4) is 0 Å². The number of carbonyl (C=O) groups excluding carboxylic acids is 1. The summed E-state index contributed by atoms with van der Waals surface area (Å²) in [6.07, 6.45) is -6.48. The molecule has 1 aromatic rings. The van der Waals surface area contributed by atoms with E-state index in [4.69, 9.17) is 5.11 Å². The van der Waals surface area contributed by atoms with Crippen LogP contribution in [0, 0.1) is 6.92 Å². The summed E-state index contributed by atoms with van der Waals surface area (Å²) in [4.78, 5) is 12.9. The van der Waals surface area contributed by atoms with Crippen molar-refractivity contribution in [2.75, 3.05) is 6.54 Å². The second-order valence-corrected chi connectivity index (χ2v) is 5.07. The van der Waals surface area contributed by atoms with Crippen molar-refractivity contribution in [3.05, 3.63) is 21.4 Å². The van der Waals surface area contributed by atoms with Gasteiger partial charge in [-0.1, -0.05) is 6.92 Å². The van der Waals surface area contributed by atoms with E-state index >= 15 is 0 Å². The molecule has 3 nitrogen and oxygen atoms in total. The van der Waals surface area contributed by atoms with Crippen LogP contribution >= 0.6 is 11.3 Å². The first-order chi connectivity index (χ1) is 8.25. The predicted octanol–water partition coefficient (Wildman–Crippen LogP) is 2.27. The topological polar surface area (TPSA) is 49.3 Å². The molecule has 18 heavy (non-hydrogen) atoms. The molecule has 0 aliphatic heterocycles. The Morgan fingerprint density at radius 2 is 2.17 bits per heavy atom. The van der Waals surface area contributed by atoms with Gasteiger partial charge in [0.05, 0.1) is 11.4 Å². The second-order valence-electron chi connectivity index (χ2n) is 3.81. The highest BCUT2D eigenvalue weighted by molar-refractivity contribution is 7.14. The molecule has 0 radical (unpaired) electrons. The van der Waals surface area contributed by atoms with Gasteiger partial charge in [-0.15, -0.1) is 11.3 Å². The smallest absolute Gasteiger partial charge is 0.382 e. The third kappa shape index (κ3) is 3.71. The van der Waals surface area contributed by atoms with Gasteiger partial charge >= 0.3 is 6.18 Å². The molecule has 1 rings (SSSR count). The average molecular weight is 281 g/mol. The molecule has 0 saturated heterocycles. The lowest BCUT2D eigenvalue weighted by molar-refractivity contribution is -0.201. The molecule has 0 aliphatic carbocycles. The Hall–Kier alpha value is -1.08. The van der Waals surface area contributed by atoms with E-state index in [1.54, 1.807) is 6.07 Å². The molecule has 0 aliphatic rings. The van der Waals surface area contributed by atoms with E-state index in [1.807, 2.05) is 13.8 Å². The lowest BCUT2D eigenvalue weighted by atomic mass is 10.2. The molecule has 0 saturated carbocycles. The van der Waals surface area contributed by atoms with Gasteiger partial charge in [0.2, 0.25) is 0 Å². The number of aliphatic hydroxyl groups excluding tert-OH is 1. The summed E-state index contributed by atoms with van der Waals surface area (Å²) in [7, 11) is 0. The third-order valence-corrected chi connectivity index (χ3v) is 3.55. The quantitative estimate of drug-likeness (QED) is 0.889. The van der Waals surface area contributed by atoms with E-state index in [9.17, 15) is 18.0 Å². The standard InChI is InChI=1S/C11H14F3NO2S/c1-3-7-4-8(18-6(7)2)10(17)15-5-9(16)11(12,13)14/h4,9,16H,3,5H2,1-2H3,(H,15,17). The number of thiophene rings is 1. The van der Waals surface area contributed by atoms with Crippen LogP contribution < -0.4 is 5.32 Å². The zero-order valence-corrected chi connectivity index (χ0v) is 10.8. The molecule has 1 amide bonds. The van der Waals surface area contributed by atoms with Crippen LogP contribution in [0.1, 0.15) is 27.0 Å². The first-order valence-corrected chi connectivity index (χ1v) is 6.19. The Morgan fingerprint density at radius 3 is 2.61 bits per heavy atom. The van der Waals surface area contributed by atoms with E-state index in [0.717, 1.165) is 16.9 Å². The van der Waals surface area contributed by atoms with E-state index < -0.39 is 24.7 Å². The minimum Gasteiger partial charge on any atom is -0.382 e. The van der Waals surface area contributed by atoms with Gasteiger partial charge < -0.3 is 10.4 Å². The molecular formula is C11H14F3NO2S. The van der Waals surface area contributed by atoms with E-state index in [0.29, 0.717) is 4.88 Å². The predicted molar refractivity (Wildman–Crippen MR) is 62.8 cm³/mol. The number of aliphatic hydroxyl groups is 1. The van der Waals surface area contributed by atoms with Gasteiger partial charge in [0, 0.05) is 4.88 Å². The van der Waals surface area contributed by atoms with Gasteiger partial charge in [0.15, 0.2) is 6.10 Å². The highest BCUT2D eigenvalue weighted by atomic mass is 32.1. The molecule has 7 heteroatoms. The largest absolute Gasteiger partial charge is 0.416 e. The van der Waals surface area contributed by atoms with Crippen LogP contribution in [0.2, 0.25) is 0 Å². The lowest BCUT2D eigenvalue weighted by Crippen LogP contribution is -2.40. The number of rotatable bonds is 4. The van der Waals surface area contributed by atoms with Crippen LogP contribution in [-0.4, -0.2) is 29.8 Å². The van der Waals surface area contributed by atoms with Crippen LogP contribution in [0.3, 0.4) is 0 Å². The molecular weight excluding hydrogens is 267 g/mol. The van der Waals surface area contributed by atoms with Gasteiger partial charge in [-0.3, -0.25) is 4.79 Å². The zero-order chi connectivity index (χ0) is 13.9. The van der Waals surface area contributed by atoms with Crippen molar-refractivity contribution in [1.29, 1.82) is 0 Å². The van der Waals surface area contributed by atoms with Crippen LogP contribution in [0.25, 0.3) is 0 Å². The van der Waals surface area contributed by atoms with Crippen LogP contribution in [0.5, 0.6) is 0 Å². The number of nitrogens with one attached hydrogen (secondary N) is 1. The number of aryl methyl sites for hydroxylation is 2. The van der Waals surface area contributed by atoms with E-state index in [2.05, 4.69) is 5.32 Å². The number of alkyl halides is 3. The molecule has 0 aromatic carbocycles. The summed E-state index contributed by atoms with van der Waals surface area (Å²) in [5.41, 5.74) is 1.00. The second kappa shape index (κ2) is 5.71. The normalized spacial score (nSPS) is 13.4. The lowest BCUT2D eigenvalue weighted by Gasteiger charge is -2.14. The maximum absolute atomic E-state index is 12.0. The Kier molecular flexibility index (Phi) is 4.75. The van der Waals surface area contributed by atoms with Gasteiger partial charge in [0.25, 0.3) is 5.91 Å². The van der Waals surface area contributed by atoms with Crippen LogP contribution in [-0.2, 0) is 6.42 Å². The minimum absolute atomic E-state index is 0.360. The molecule has 0 fully saturated rings. The first-order valence-electron chi connectivity index (χ1n) is 5.38. The van der Waals surface area contributed by atoms with Crippen molar-refractivity contribution in [2.24, 2.45) is 0 Å². The Morgan fingerprint density at radius 1 is 1.56 bits per heavy atom. The Balaban J connectivity index is 2.60. The van der Waals surface area contributed by atoms with Gasteiger partial charge in [-0.25, -0.2) is 0 Å². The van der Waals surface area contributed by atoms with Gasteiger partial charge in [-0.05, 0) is 25.0 Å². The maximum atomic E-state index is 12.0. The van der Waals surface area contributed by atoms with Crippen LogP contribution in [0.15, 0.2) is 6.07 Å². The fraction of sp³-hybridized carbons (Fsp3) is 0.545. The third-order valence-electron chi connectivity index (χ3n) is 2.46. The summed E-state index contributed by atoms with van der Waals surface area (Å²) >= 11 is 1.23. The average Bonchev–Trinajstić information content (AvgIpc) is 2.65. The number of amides is 1. The highest BCUT2D eigenvalue weighted by Crippen LogP contribution is 2.22. The number of hydrogen-bond donors (Lipinski definition) is 2.